The Hall–Kier alpha value is -1.60. The summed E-state index contributed by atoms with van der Waals surface area (Å²) in [5.41, 5.74) is 2.50. The van der Waals surface area contributed by atoms with Crippen molar-refractivity contribution in [2.75, 3.05) is 24.0 Å². The van der Waals surface area contributed by atoms with Crippen LogP contribution in [-0.2, 0) is 0 Å². The molecule has 0 radical (unpaired) electrons. The van der Waals surface area contributed by atoms with Crippen LogP contribution in [0, 0.1) is 6.92 Å². The maximum absolute atomic E-state index is 4.22. The van der Waals surface area contributed by atoms with Crippen LogP contribution >= 0.6 is 23.5 Å². The summed E-state index contributed by atoms with van der Waals surface area (Å²) in [6, 6.07) is 8.73. The SMILES string of the molecule is Cc1nnc2n1N1C(=CS[C@@H]1c1ccc(N(C)C)cc1)S2. The van der Waals surface area contributed by atoms with Crippen LogP contribution in [0.25, 0.3) is 0 Å². The van der Waals surface area contributed by atoms with Crippen LogP contribution in [0.15, 0.2) is 39.9 Å². The first kappa shape index (κ1) is 13.1. The molecule has 108 valence electrons. The van der Waals surface area contributed by atoms with E-state index in [1.807, 2.05) is 18.7 Å². The maximum Gasteiger partial charge on any atom is 0.216 e. The molecule has 1 atom stereocenters. The number of aryl methyl sites for hydroxylation is 1. The number of benzene rings is 1. The first-order valence-electron chi connectivity index (χ1n) is 6.67. The van der Waals surface area contributed by atoms with Gasteiger partial charge in [-0.15, -0.1) is 10.2 Å². The van der Waals surface area contributed by atoms with E-state index in [1.54, 1.807) is 11.8 Å². The van der Waals surface area contributed by atoms with Crippen molar-refractivity contribution in [3.8, 4) is 0 Å². The van der Waals surface area contributed by atoms with Gasteiger partial charge in [0.15, 0.2) is 5.82 Å². The predicted molar refractivity (Wildman–Crippen MR) is 88.0 cm³/mol. The fourth-order valence-electron chi connectivity index (χ4n) is 2.52. The van der Waals surface area contributed by atoms with Crippen LogP contribution in [-0.4, -0.2) is 29.0 Å². The molecule has 0 saturated heterocycles. The fraction of sp³-hybridized carbons (Fsp3) is 0.286. The lowest BCUT2D eigenvalue weighted by Crippen LogP contribution is -2.30. The Morgan fingerprint density at radius 1 is 1.14 bits per heavy atom. The number of thioether (sulfide) groups is 2. The summed E-state index contributed by atoms with van der Waals surface area (Å²) >= 11 is 3.51. The Morgan fingerprint density at radius 2 is 1.90 bits per heavy atom. The van der Waals surface area contributed by atoms with Gasteiger partial charge in [0.25, 0.3) is 0 Å². The summed E-state index contributed by atoms with van der Waals surface area (Å²) < 4.78 is 2.11. The van der Waals surface area contributed by atoms with Crippen molar-refractivity contribution in [2.45, 2.75) is 17.5 Å². The molecule has 7 heteroatoms. The standard InChI is InChI=1S/C14H15N5S2/c1-9-15-16-14-18(9)19-12(21-14)8-20-13(19)10-4-6-11(7-5-10)17(2)3/h4-8,13H,1-3H3/t13-/m1/s1. The normalized spacial score (nSPS) is 19.5. The third kappa shape index (κ3) is 1.95. The van der Waals surface area contributed by atoms with Crippen molar-refractivity contribution < 1.29 is 0 Å². The maximum atomic E-state index is 4.22. The summed E-state index contributed by atoms with van der Waals surface area (Å²) in [6.07, 6.45) is 0. The molecule has 0 unspecified atom stereocenters. The van der Waals surface area contributed by atoms with Gasteiger partial charge in [-0.2, -0.15) is 0 Å². The van der Waals surface area contributed by atoms with E-state index in [0.717, 1.165) is 11.0 Å². The number of hydrogen-bond acceptors (Lipinski definition) is 6. The van der Waals surface area contributed by atoms with Crippen LogP contribution in [0.4, 0.5) is 5.69 Å². The lowest BCUT2D eigenvalue weighted by atomic mass is 10.2. The van der Waals surface area contributed by atoms with E-state index in [1.165, 1.54) is 16.3 Å². The molecule has 3 heterocycles. The summed E-state index contributed by atoms with van der Waals surface area (Å²) in [5.74, 6) is 0.929. The molecule has 0 N–H and O–H groups in total. The number of rotatable bonds is 2. The van der Waals surface area contributed by atoms with E-state index in [2.05, 4.69) is 68.6 Å². The number of fused-ring (bicyclic) bond motifs is 3. The molecule has 4 rings (SSSR count). The number of hydrogen-bond donors (Lipinski definition) is 0. The van der Waals surface area contributed by atoms with Gasteiger partial charge < -0.3 is 4.90 Å². The van der Waals surface area contributed by atoms with Crippen molar-refractivity contribution in [3.63, 3.8) is 0 Å². The first-order chi connectivity index (χ1) is 10.1. The Morgan fingerprint density at radius 3 is 2.62 bits per heavy atom. The minimum Gasteiger partial charge on any atom is -0.378 e. The second kappa shape index (κ2) is 4.71. The fourth-order valence-corrected chi connectivity index (χ4v) is 4.80. The van der Waals surface area contributed by atoms with Crippen LogP contribution in [0.1, 0.15) is 16.8 Å². The van der Waals surface area contributed by atoms with Gasteiger partial charge in [0.1, 0.15) is 10.4 Å². The Bertz CT molecular complexity index is 719. The van der Waals surface area contributed by atoms with E-state index in [9.17, 15) is 0 Å². The van der Waals surface area contributed by atoms with Gasteiger partial charge >= 0.3 is 0 Å². The Balaban J connectivity index is 1.70. The molecule has 5 nitrogen and oxygen atoms in total. The van der Waals surface area contributed by atoms with Crippen LogP contribution in [0.5, 0.6) is 0 Å². The highest BCUT2D eigenvalue weighted by Crippen LogP contribution is 2.51. The molecule has 0 bridgehead atoms. The molecule has 2 aromatic rings. The summed E-state index contributed by atoms with van der Waals surface area (Å²) in [7, 11) is 4.12. The molecular formula is C14H15N5S2. The number of aromatic nitrogens is 3. The summed E-state index contributed by atoms with van der Waals surface area (Å²) in [5, 5.41) is 15.3. The molecular weight excluding hydrogens is 302 g/mol. The van der Waals surface area contributed by atoms with Gasteiger partial charge in [-0.25, -0.2) is 4.68 Å². The highest BCUT2D eigenvalue weighted by molar-refractivity contribution is 8.07. The minimum absolute atomic E-state index is 0.250. The van der Waals surface area contributed by atoms with Crippen molar-refractivity contribution in [3.05, 3.63) is 46.1 Å². The largest absolute Gasteiger partial charge is 0.378 e. The lowest BCUT2D eigenvalue weighted by molar-refractivity contribution is 0.618. The minimum atomic E-state index is 0.250. The zero-order valence-corrected chi connectivity index (χ0v) is 13.6. The molecule has 0 fully saturated rings. The monoisotopic (exact) mass is 317 g/mol. The van der Waals surface area contributed by atoms with E-state index in [0.29, 0.717) is 0 Å². The van der Waals surface area contributed by atoms with E-state index in [4.69, 9.17) is 0 Å². The second-order valence-electron chi connectivity index (χ2n) is 5.22. The lowest BCUT2D eigenvalue weighted by Gasteiger charge is -2.25. The van der Waals surface area contributed by atoms with E-state index >= 15 is 0 Å². The molecule has 0 amide bonds. The van der Waals surface area contributed by atoms with E-state index < -0.39 is 0 Å². The summed E-state index contributed by atoms with van der Waals surface area (Å²) in [4.78, 5) is 2.11. The van der Waals surface area contributed by atoms with Crippen LogP contribution in [0.2, 0.25) is 0 Å². The zero-order valence-electron chi connectivity index (χ0n) is 12.0. The smallest absolute Gasteiger partial charge is 0.216 e. The van der Waals surface area contributed by atoms with Gasteiger partial charge in [0, 0.05) is 25.2 Å². The van der Waals surface area contributed by atoms with Gasteiger partial charge in [-0.3, -0.25) is 5.01 Å². The third-order valence-electron chi connectivity index (χ3n) is 3.62. The topological polar surface area (TPSA) is 37.2 Å². The van der Waals surface area contributed by atoms with E-state index in [-0.39, 0.29) is 5.37 Å². The predicted octanol–water partition coefficient (Wildman–Crippen LogP) is 2.94. The second-order valence-corrected chi connectivity index (χ2v) is 7.16. The highest BCUT2D eigenvalue weighted by atomic mass is 32.2. The van der Waals surface area contributed by atoms with Crippen molar-refractivity contribution in [1.82, 2.24) is 14.9 Å². The van der Waals surface area contributed by atoms with Gasteiger partial charge in [0.05, 0.1) is 0 Å². The van der Waals surface area contributed by atoms with Gasteiger partial charge in [0.2, 0.25) is 5.16 Å². The molecule has 21 heavy (non-hydrogen) atoms. The molecule has 1 aromatic carbocycles. The quantitative estimate of drug-likeness (QED) is 0.848. The third-order valence-corrected chi connectivity index (χ3v) is 5.81. The average Bonchev–Trinajstić information content (AvgIpc) is 3.11. The van der Waals surface area contributed by atoms with Gasteiger partial charge in [-0.05, 0) is 36.4 Å². The van der Waals surface area contributed by atoms with Crippen molar-refractivity contribution in [1.29, 1.82) is 0 Å². The number of anilines is 1. The Kier molecular flexibility index (Phi) is 2.93. The van der Waals surface area contributed by atoms with Crippen molar-refractivity contribution in [2.24, 2.45) is 0 Å². The van der Waals surface area contributed by atoms with Gasteiger partial charge in [-0.1, -0.05) is 23.9 Å². The molecule has 0 saturated carbocycles. The molecule has 0 spiro atoms. The Labute approximate surface area is 132 Å². The van der Waals surface area contributed by atoms with Crippen LogP contribution in [0.3, 0.4) is 0 Å². The molecule has 1 aromatic heterocycles. The average molecular weight is 317 g/mol. The molecule has 2 aliphatic rings. The highest BCUT2D eigenvalue weighted by Gasteiger charge is 2.38. The van der Waals surface area contributed by atoms with Crippen LogP contribution < -0.4 is 9.91 Å². The molecule has 0 aliphatic carbocycles. The first-order valence-corrected chi connectivity index (χ1v) is 8.43. The number of nitrogens with zero attached hydrogens (tertiary/aromatic N) is 5. The molecule has 2 aliphatic heterocycles. The summed E-state index contributed by atoms with van der Waals surface area (Å²) in [6.45, 7) is 2.00. The zero-order chi connectivity index (χ0) is 14.6. The van der Waals surface area contributed by atoms with Crippen molar-refractivity contribution >= 4 is 29.2 Å².